The average Bonchev–Trinajstić information content (AvgIpc) is 2.82. The van der Waals surface area contributed by atoms with Crippen molar-refractivity contribution in [3.05, 3.63) is 53.6 Å². The van der Waals surface area contributed by atoms with Crippen LogP contribution in [-0.4, -0.2) is 49.1 Å². The zero-order chi connectivity index (χ0) is 23.6. The molecule has 0 saturated carbocycles. The summed E-state index contributed by atoms with van der Waals surface area (Å²) in [6.45, 7) is -0.0698. The van der Waals surface area contributed by atoms with Crippen LogP contribution in [0.15, 0.2) is 42.5 Å². The van der Waals surface area contributed by atoms with Gasteiger partial charge in [-0.25, -0.2) is 4.79 Å². The maximum Gasteiger partial charge on any atom is 0.414 e. The minimum atomic E-state index is -4.51. The molecule has 2 aromatic carbocycles. The Labute approximate surface area is 187 Å². The third-order valence-electron chi connectivity index (χ3n) is 5.80. The molecule has 0 atom stereocenters. The first-order valence-corrected chi connectivity index (χ1v) is 10.4. The van der Waals surface area contributed by atoms with Gasteiger partial charge < -0.3 is 15.0 Å². The SMILES string of the molecule is O=C(NCC(F)(F)F)c1ccc(N2CCC(N3C(=O)OCc4ccccc43)CC2)c(NO)c1. The lowest BCUT2D eigenvalue weighted by Crippen LogP contribution is -2.49. The number of benzene rings is 2. The number of nitrogens with zero attached hydrogens (tertiary/aromatic N) is 2. The Bertz CT molecular complexity index is 1040. The number of para-hydroxylation sites is 1. The Hall–Kier alpha value is -3.47. The molecule has 2 aliphatic rings. The summed E-state index contributed by atoms with van der Waals surface area (Å²) in [6.07, 6.45) is -3.61. The van der Waals surface area contributed by atoms with Gasteiger partial charge in [0.15, 0.2) is 0 Å². The lowest BCUT2D eigenvalue weighted by Gasteiger charge is -2.41. The molecule has 0 bridgehead atoms. The fourth-order valence-corrected chi connectivity index (χ4v) is 4.21. The van der Waals surface area contributed by atoms with Crippen LogP contribution in [0.1, 0.15) is 28.8 Å². The Morgan fingerprint density at radius 2 is 1.85 bits per heavy atom. The number of carbonyl (C=O) groups excluding carboxylic acids is 2. The molecule has 0 radical (unpaired) electrons. The molecule has 3 N–H and O–H groups in total. The first kappa shape index (κ1) is 22.7. The van der Waals surface area contributed by atoms with Crippen molar-refractivity contribution in [1.29, 1.82) is 0 Å². The van der Waals surface area contributed by atoms with E-state index in [4.69, 9.17) is 4.74 Å². The van der Waals surface area contributed by atoms with Crippen LogP contribution in [0.5, 0.6) is 0 Å². The number of hydrogen-bond acceptors (Lipinski definition) is 6. The number of ether oxygens (including phenoxy) is 1. The highest BCUT2D eigenvalue weighted by molar-refractivity contribution is 5.96. The molecule has 0 aromatic heterocycles. The summed E-state index contributed by atoms with van der Waals surface area (Å²) in [5.41, 5.74) is 4.62. The van der Waals surface area contributed by atoms with Crippen molar-refractivity contribution in [3.8, 4) is 0 Å². The molecule has 0 aliphatic carbocycles. The first-order valence-electron chi connectivity index (χ1n) is 10.4. The molecule has 2 aromatic rings. The van der Waals surface area contributed by atoms with E-state index in [2.05, 4.69) is 0 Å². The van der Waals surface area contributed by atoms with Crippen LogP contribution < -0.4 is 20.6 Å². The molecular formula is C22H23F3N4O4. The Morgan fingerprint density at radius 1 is 1.12 bits per heavy atom. The summed E-state index contributed by atoms with van der Waals surface area (Å²) >= 11 is 0. The second kappa shape index (κ2) is 9.18. The van der Waals surface area contributed by atoms with E-state index in [1.807, 2.05) is 40.0 Å². The van der Waals surface area contributed by atoms with Crippen molar-refractivity contribution >= 4 is 29.1 Å². The number of halogens is 3. The van der Waals surface area contributed by atoms with Crippen LogP contribution in [0.4, 0.5) is 35.0 Å². The standard InChI is InChI=1S/C22H23F3N4O4/c23-22(24,25)13-26-20(30)14-5-6-19(17(11-14)27-32)28-9-7-16(8-10-28)29-18-4-2-1-3-15(18)12-33-21(29)31/h1-6,11,16,27,32H,7-10,12-13H2,(H,26,30). The number of nitrogens with one attached hydrogen (secondary N) is 2. The first-order chi connectivity index (χ1) is 15.8. The predicted molar refractivity (Wildman–Crippen MR) is 115 cm³/mol. The van der Waals surface area contributed by atoms with E-state index < -0.39 is 18.6 Å². The van der Waals surface area contributed by atoms with Gasteiger partial charge in [-0.2, -0.15) is 13.2 Å². The van der Waals surface area contributed by atoms with E-state index in [1.165, 1.54) is 12.1 Å². The topological polar surface area (TPSA) is 94.1 Å². The largest absolute Gasteiger partial charge is 0.444 e. The van der Waals surface area contributed by atoms with Crippen LogP contribution in [0.2, 0.25) is 0 Å². The summed E-state index contributed by atoms with van der Waals surface area (Å²) in [5, 5.41) is 11.4. The third-order valence-corrected chi connectivity index (χ3v) is 5.80. The van der Waals surface area contributed by atoms with Crippen LogP contribution in [0.25, 0.3) is 0 Å². The molecule has 2 aliphatic heterocycles. The maximum atomic E-state index is 12.5. The number of fused-ring (bicyclic) bond motifs is 1. The molecule has 0 spiro atoms. The van der Waals surface area contributed by atoms with Gasteiger partial charge in [-0.3, -0.25) is 20.4 Å². The summed E-state index contributed by atoms with van der Waals surface area (Å²) in [7, 11) is 0. The highest BCUT2D eigenvalue weighted by atomic mass is 19.4. The van der Waals surface area contributed by atoms with Gasteiger partial charge in [-0.1, -0.05) is 18.2 Å². The molecule has 2 amide bonds. The molecular weight excluding hydrogens is 441 g/mol. The second-order valence-corrected chi connectivity index (χ2v) is 7.91. The number of cyclic esters (lactones) is 1. The monoisotopic (exact) mass is 464 g/mol. The number of alkyl halides is 3. The summed E-state index contributed by atoms with van der Waals surface area (Å²) in [6, 6.07) is 11.8. The zero-order valence-electron chi connectivity index (χ0n) is 17.6. The molecule has 4 rings (SSSR count). The van der Waals surface area contributed by atoms with E-state index in [1.54, 1.807) is 11.0 Å². The minimum Gasteiger partial charge on any atom is -0.444 e. The van der Waals surface area contributed by atoms with Crippen molar-refractivity contribution in [1.82, 2.24) is 5.32 Å². The lowest BCUT2D eigenvalue weighted by molar-refractivity contribution is -0.123. The van der Waals surface area contributed by atoms with Crippen molar-refractivity contribution in [2.45, 2.75) is 31.7 Å². The molecule has 2 heterocycles. The van der Waals surface area contributed by atoms with E-state index in [-0.39, 0.29) is 30.0 Å². The van der Waals surface area contributed by atoms with Gasteiger partial charge in [0.05, 0.1) is 17.1 Å². The van der Waals surface area contributed by atoms with Crippen LogP contribution in [0.3, 0.4) is 0 Å². The van der Waals surface area contributed by atoms with Gasteiger partial charge in [-0.05, 0) is 37.1 Å². The minimum absolute atomic E-state index is 0.0119. The zero-order valence-corrected chi connectivity index (χ0v) is 17.6. The normalized spacial score (nSPS) is 16.8. The fourth-order valence-electron chi connectivity index (χ4n) is 4.21. The average molecular weight is 464 g/mol. The summed E-state index contributed by atoms with van der Waals surface area (Å²) in [4.78, 5) is 28.1. The molecule has 1 saturated heterocycles. The molecule has 1 fully saturated rings. The summed E-state index contributed by atoms with van der Waals surface area (Å²) < 4.78 is 42.4. The Morgan fingerprint density at radius 3 is 2.55 bits per heavy atom. The summed E-state index contributed by atoms with van der Waals surface area (Å²) in [5.74, 6) is -0.892. The molecule has 33 heavy (non-hydrogen) atoms. The number of anilines is 3. The number of amides is 2. The number of hydrogen-bond donors (Lipinski definition) is 3. The third kappa shape index (κ3) is 4.98. The van der Waals surface area contributed by atoms with Gasteiger partial charge in [-0.15, -0.1) is 0 Å². The lowest BCUT2D eigenvalue weighted by atomic mass is 9.99. The van der Waals surface area contributed by atoms with Crippen LogP contribution in [0, 0.1) is 0 Å². The quantitative estimate of drug-likeness (QED) is 0.581. The van der Waals surface area contributed by atoms with E-state index >= 15 is 0 Å². The van der Waals surface area contributed by atoms with Gasteiger partial charge in [0.2, 0.25) is 0 Å². The smallest absolute Gasteiger partial charge is 0.414 e. The number of carbonyl (C=O) groups is 2. The van der Waals surface area contributed by atoms with Crippen molar-refractivity contribution < 1.29 is 32.7 Å². The van der Waals surface area contributed by atoms with Crippen LogP contribution >= 0.6 is 0 Å². The molecule has 0 unspecified atom stereocenters. The van der Waals surface area contributed by atoms with Crippen molar-refractivity contribution in [2.24, 2.45) is 0 Å². The molecule has 176 valence electrons. The molecule has 8 nitrogen and oxygen atoms in total. The highest BCUT2D eigenvalue weighted by Gasteiger charge is 2.34. The van der Waals surface area contributed by atoms with Gasteiger partial charge in [0.25, 0.3) is 5.91 Å². The molecule has 11 heteroatoms. The number of rotatable bonds is 5. The second-order valence-electron chi connectivity index (χ2n) is 7.91. The van der Waals surface area contributed by atoms with E-state index in [0.717, 1.165) is 11.3 Å². The predicted octanol–water partition coefficient (Wildman–Crippen LogP) is 3.91. The Balaban J connectivity index is 1.45. The Kier molecular flexibility index (Phi) is 6.32. The number of piperidine rings is 1. The van der Waals surface area contributed by atoms with Gasteiger partial charge in [0, 0.05) is 30.3 Å². The fraction of sp³-hybridized carbons (Fsp3) is 0.364. The van der Waals surface area contributed by atoms with Crippen LogP contribution in [-0.2, 0) is 11.3 Å². The van der Waals surface area contributed by atoms with E-state index in [9.17, 15) is 28.0 Å². The van der Waals surface area contributed by atoms with Crippen molar-refractivity contribution in [3.63, 3.8) is 0 Å². The van der Waals surface area contributed by atoms with E-state index in [0.29, 0.717) is 31.6 Å². The van der Waals surface area contributed by atoms with Gasteiger partial charge in [0.1, 0.15) is 13.2 Å². The van der Waals surface area contributed by atoms with Crippen molar-refractivity contribution in [2.75, 3.05) is 34.9 Å². The maximum absolute atomic E-state index is 12.5. The van der Waals surface area contributed by atoms with Gasteiger partial charge >= 0.3 is 12.3 Å². The highest BCUT2D eigenvalue weighted by Crippen LogP contribution is 2.34.